The molecule has 1 aromatic rings. The topological polar surface area (TPSA) is 92.5 Å². The van der Waals surface area contributed by atoms with E-state index < -0.39 is 10.0 Å². The fourth-order valence-corrected chi connectivity index (χ4v) is 2.72. The van der Waals surface area contributed by atoms with Crippen molar-refractivity contribution in [3.05, 3.63) is 29.8 Å². The first kappa shape index (κ1) is 17.6. The zero-order valence-electron chi connectivity index (χ0n) is 12.8. The highest BCUT2D eigenvalue weighted by Gasteiger charge is 2.17. The average Bonchev–Trinajstić information content (AvgIpc) is 2.37. The van der Waals surface area contributed by atoms with Gasteiger partial charge in [-0.3, -0.25) is 4.79 Å². The maximum atomic E-state index is 12.0. The van der Waals surface area contributed by atoms with Crippen LogP contribution in [0, 0.1) is 0 Å². The van der Waals surface area contributed by atoms with Crippen molar-refractivity contribution < 1.29 is 13.2 Å². The maximum Gasteiger partial charge on any atom is 0.242 e. The van der Waals surface area contributed by atoms with Gasteiger partial charge in [0.15, 0.2) is 0 Å². The fourth-order valence-electron chi connectivity index (χ4n) is 1.82. The molecule has 118 valence electrons. The minimum absolute atomic E-state index is 0.123. The minimum atomic E-state index is -3.43. The fraction of sp³-hybridized carbons (Fsp3) is 0.500. The van der Waals surface area contributed by atoms with E-state index in [1.165, 1.54) is 14.1 Å². The van der Waals surface area contributed by atoms with Gasteiger partial charge in [0.05, 0.1) is 10.9 Å². The molecule has 3 N–H and O–H groups in total. The molecule has 0 spiro atoms. The van der Waals surface area contributed by atoms with Crippen LogP contribution >= 0.6 is 0 Å². The van der Waals surface area contributed by atoms with Crippen LogP contribution in [0.15, 0.2) is 29.2 Å². The van der Waals surface area contributed by atoms with Crippen molar-refractivity contribution in [3.8, 4) is 0 Å². The van der Waals surface area contributed by atoms with E-state index in [0.717, 1.165) is 9.87 Å². The van der Waals surface area contributed by atoms with Crippen LogP contribution in [0.3, 0.4) is 0 Å². The number of carbonyl (C=O) groups is 1. The molecule has 1 amide bonds. The zero-order valence-corrected chi connectivity index (χ0v) is 13.6. The summed E-state index contributed by atoms with van der Waals surface area (Å²) in [6, 6.07) is 6.09. The van der Waals surface area contributed by atoms with E-state index in [9.17, 15) is 13.2 Å². The van der Waals surface area contributed by atoms with Gasteiger partial charge in [0, 0.05) is 26.6 Å². The standard InChI is InChI=1S/C14H23N3O3S/c1-10(15)9-14(18)16-11(2)12-5-7-13(8-6-12)21(19,20)17(3)4/h5-8,10-11H,9,15H2,1-4H3,(H,16,18). The Morgan fingerprint density at radius 3 is 2.19 bits per heavy atom. The van der Waals surface area contributed by atoms with Crippen LogP contribution in [0.2, 0.25) is 0 Å². The largest absolute Gasteiger partial charge is 0.350 e. The molecule has 6 nitrogen and oxygen atoms in total. The van der Waals surface area contributed by atoms with Gasteiger partial charge in [-0.1, -0.05) is 12.1 Å². The molecule has 0 saturated carbocycles. The number of rotatable bonds is 6. The lowest BCUT2D eigenvalue weighted by molar-refractivity contribution is -0.122. The van der Waals surface area contributed by atoms with Gasteiger partial charge in [-0.2, -0.15) is 0 Å². The van der Waals surface area contributed by atoms with Crippen LogP contribution in [-0.4, -0.2) is 38.8 Å². The number of hydrogen-bond donors (Lipinski definition) is 2. The third-order valence-corrected chi connectivity index (χ3v) is 4.87. The smallest absolute Gasteiger partial charge is 0.242 e. The Bertz CT molecular complexity index is 580. The summed E-state index contributed by atoms with van der Waals surface area (Å²) in [5.74, 6) is -0.123. The van der Waals surface area contributed by atoms with Crippen LogP contribution in [0.1, 0.15) is 31.9 Å². The van der Waals surface area contributed by atoms with Gasteiger partial charge in [-0.25, -0.2) is 12.7 Å². The van der Waals surface area contributed by atoms with Crippen molar-refractivity contribution in [1.29, 1.82) is 0 Å². The molecule has 0 aliphatic heterocycles. The number of nitrogens with one attached hydrogen (secondary N) is 1. The van der Waals surface area contributed by atoms with Crippen LogP contribution in [-0.2, 0) is 14.8 Å². The molecule has 0 aliphatic rings. The normalized spacial score (nSPS) is 14.8. The van der Waals surface area contributed by atoms with Crippen LogP contribution in [0.25, 0.3) is 0 Å². The summed E-state index contributed by atoms with van der Waals surface area (Å²) < 4.78 is 25.1. The summed E-state index contributed by atoms with van der Waals surface area (Å²) in [4.78, 5) is 11.9. The van der Waals surface area contributed by atoms with Gasteiger partial charge in [-0.05, 0) is 31.5 Å². The van der Waals surface area contributed by atoms with E-state index in [-0.39, 0.29) is 29.3 Å². The molecule has 21 heavy (non-hydrogen) atoms. The van der Waals surface area contributed by atoms with Crippen LogP contribution in [0.5, 0.6) is 0 Å². The molecule has 1 rings (SSSR count). The Labute approximate surface area is 126 Å². The Hall–Kier alpha value is -1.44. The van der Waals surface area contributed by atoms with Crippen molar-refractivity contribution in [1.82, 2.24) is 9.62 Å². The zero-order chi connectivity index (χ0) is 16.2. The second-order valence-corrected chi connectivity index (χ2v) is 7.48. The lowest BCUT2D eigenvalue weighted by Gasteiger charge is -2.16. The van der Waals surface area contributed by atoms with Gasteiger partial charge >= 0.3 is 0 Å². The molecule has 0 aromatic heterocycles. The van der Waals surface area contributed by atoms with E-state index >= 15 is 0 Å². The third-order valence-electron chi connectivity index (χ3n) is 3.04. The Morgan fingerprint density at radius 2 is 1.76 bits per heavy atom. The number of sulfonamides is 1. The first-order chi connectivity index (χ1) is 9.64. The summed E-state index contributed by atoms with van der Waals surface area (Å²) in [5, 5.41) is 2.83. The molecular weight excluding hydrogens is 290 g/mol. The molecule has 0 fully saturated rings. The number of amides is 1. The summed E-state index contributed by atoms with van der Waals surface area (Å²) in [6.45, 7) is 3.61. The molecule has 0 heterocycles. The number of nitrogens with two attached hydrogens (primary N) is 1. The molecule has 2 atom stereocenters. The van der Waals surface area contributed by atoms with E-state index in [4.69, 9.17) is 5.73 Å². The summed E-state index contributed by atoms with van der Waals surface area (Å²) in [6.07, 6.45) is 0.261. The lowest BCUT2D eigenvalue weighted by atomic mass is 10.1. The average molecular weight is 313 g/mol. The molecule has 0 bridgehead atoms. The first-order valence-corrected chi connectivity index (χ1v) is 8.16. The molecule has 7 heteroatoms. The van der Waals surface area contributed by atoms with Crippen molar-refractivity contribution in [2.75, 3.05) is 14.1 Å². The molecule has 0 saturated heterocycles. The van der Waals surface area contributed by atoms with Crippen LogP contribution < -0.4 is 11.1 Å². The third kappa shape index (κ3) is 4.80. The van der Waals surface area contributed by atoms with Gasteiger partial charge in [0.1, 0.15) is 0 Å². The summed E-state index contributed by atoms with van der Waals surface area (Å²) in [5.41, 5.74) is 6.41. The van der Waals surface area contributed by atoms with Crippen molar-refractivity contribution >= 4 is 15.9 Å². The maximum absolute atomic E-state index is 12.0. The number of hydrogen-bond acceptors (Lipinski definition) is 4. The van der Waals surface area contributed by atoms with Gasteiger partial charge < -0.3 is 11.1 Å². The second-order valence-electron chi connectivity index (χ2n) is 5.33. The molecule has 0 radical (unpaired) electrons. The van der Waals surface area contributed by atoms with Gasteiger partial charge in [-0.15, -0.1) is 0 Å². The summed E-state index contributed by atoms with van der Waals surface area (Å²) >= 11 is 0. The Kier molecular flexibility index (Phi) is 5.88. The first-order valence-electron chi connectivity index (χ1n) is 6.72. The second kappa shape index (κ2) is 7.02. The predicted molar refractivity (Wildman–Crippen MR) is 82.1 cm³/mol. The highest BCUT2D eigenvalue weighted by molar-refractivity contribution is 7.89. The highest BCUT2D eigenvalue weighted by atomic mass is 32.2. The quantitative estimate of drug-likeness (QED) is 0.814. The van der Waals surface area contributed by atoms with E-state index in [1.807, 2.05) is 6.92 Å². The van der Waals surface area contributed by atoms with E-state index in [2.05, 4.69) is 5.32 Å². The molecule has 2 unspecified atom stereocenters. The monoisotopic (exact) mass is 313 g/mol. The highest BCUT2D eigenvalue weighted by Crippen LogP contribution is 2.18. The number of carbonyl (C=O) groups excluding carboxylic acids is 1. The van der Waals surface area contributed by atoms with Crippen molar-refractivity contribution in [2.45, 2.75) is 37.2 Å². The van der Waals surface area contributed by atoms with E-state index in [0.29, 0.717) is 0 Å². The SMILES string of the molecule is CC(N)CC(=O)NC(C)c1ccc(S(=O)(=O)N(C)C)cc1. The minimum Gasteiger partial charge on any atom is -0.350 e. The van der Waals surface area contributed by atoms with Crippen molar-refractivity contribution in [2.24, 2.45) is 5.73 Å². The van der Waals surface area contributed by atoms with E-state index in [1.54, 1.807) is 31.2 Å². The van der Waals surface area contributed by atoms with Crippen LogP contribution in [0.4, 0.5) is 0 Å². The summed E-state index contributed by atoms with van der Waals surface area (Å²) in [7, 11) is -0.456. The van der Waals surface area contributed by atoms with Gasteiger partial charge in [0.25, 0.3) is 0 Å². The molecule has 0 aliphatic carbocycles. The van der Waals surface area contributed by atoms with Gasteiger partial charge in [0.2, 0.25) is 15.9 Å². The van der Waals surface area contributed by atoms with Crippen molar-refractivity contribution in [3.63, 3.8) is 0 Å². The number of nitrogens with zero attached hydrogens (tertiary/aromatic N) is 1. The predicted octanol–water partition coefficient (Wildman–Crippen LogP) is 0.851. The lowest BCUT2D eigenvalue weighted by Crippen LogP contribution is -2.31. The Balaban J connectivity index is 2.81. The number of benzene rings is 1. The Morgan fingerprint density at radius 1 is 1.24 bits per heavy atom. The molecule has 1 aromatic carbocycles. The molecular formula is C14H23N3O3S.